The molecular formula is C40H48F2N10O5. The van der Waals surface area contributed by atoms with E-state index in [-0.39, 0.29) is 23.4 Å². The first-order valence-corrected chi connectivity index (χ1v) is 18.1. The number of nitrogens with one attached hydrogen (secondary N) is 2. The highest BCUT2D eigenvalue weighted by atomic mass is 19.1. The van der Waals surface area contributed by atoms with Crippen molar-refractivity contribution in [1.82, 2.24) is 29.6 Å². The number of halogens is 2. The lowest BCUT2D eigenvalue weighted by Crippen LogP contribution is -2.48. The summed E-state index contributed by atoms with van der Waals surface area (Å²) in [4.78, 5) is 50.5. The number of urea groups is 1. The van der Waals surface area contributed by atoms with Crippen LogP contribution in [0, 0.1) is 36.8 Å². The number of methoxy groups -OCH3 is 2. The lowest BCUT2D eigenvalue weighted by atomic mass is 10.1. The molecule has 4 amide bonds. The molecule has 0 atom stereocenters. The minimum atomic E-state index is -0.543. The fourth-order valence-electron chi connectivity index (χ4n) is 5.81. The Hall–Kier alpha value is -6.38. The Morgan fingerprint density at radius 2 is 1.23 bits per heavy atom. The van der Waals surface area contributed by atoms with Gasteiger partial charge in [0.15, 0.2) is 5.82 Å². The summed E-state index contributed by atoms with van der Waals surface area (Å²) in [5.74, 6) is -0.925. The van der Waals surface area contributed by atoms with Crippen molar-refractivity contribution in [2.75, 3.05) is 82.9 Å². The highest BCUT2D eigenvalue weighted by molar-refractivity contribution is 5.99. The molecule has 15 nitrogen and oxygen atoms in total. The molecule has 2 aromatic heterocycles. The molecule has 0 aliphatic carbocycles. The highest BCUT2D eigenvalue weighted by Crippen LogP contribution is 2.21. The summed E-state index contributed by atoms with van der Waals surface area (Å²) >= 11 is 0. The summed E-state index contributed by atoms with van der Waals surface area (Å²) in [6.45, 7) is 9.34. The topological polar surface area (TPSA) is 182 Å². The number of hydrogen-bond acceptors (Lipinski definition) is 11. The molecule has 2 fully saturated rings. The third-order valence-electron chi connectivity index (χ3n) is 9.03. The van der Waals surface area contributed by atoms with Crippen LogP contribution in [0.15, 0.2) is 73.1 Å². The van der Waals surface area contributed by atoms with Crippen LogP contribution >= 0.6 is 0 Å². The minimum absolute atomic E-state index is 0.0655. The Labute approximate surface area is 331 Å². The van der Waals surface area contributed by atoms with Crippen LogP contribution in [0.1, 0.15) is 28.1 Å². The summed E-state index contributed by atoms with van der Waals surface area (Å²) in [7, 11) is 2.71. The van der Waals surface area contributed by atoms with E-state index in [0.29, 0.717) is 82.3 Å². The number of piperazine rings is 2. The van der Waals surface area contributed by atoms with Crippen molar-refractivity contribution in [2.24, 2.45) is 0 Å². The predicted molar refractivity (Wildman–Crippen MR) is 211 cm³/mol. The molecule has 4 N–H and O–H groups in total. The van der Waals surface area contributed by atoms with Crippen LogP contribution in [-0.4, -0.2) is 114 Å². The summed E-state index contributed by atoms with van der Waals surface area (Å²) in [5.41, 5.74) is 9.60. The third-order valence-corrected chi connectivity index (χ3v) is 9.03. The van der Waals surface area contributed by atoms with Crippen LogP contribution in [0.3, 0.4) is 0 Å². The van der Waals surface area contributed by atoms with Gasteiger partial charge in [-0.15, -0.1) is 0 Å². The molecule has 0 spiro atoms. The molecule has 57 heavy (non-hydrogen) atoms. The quantitative estimate of drug-likeness (QED) is 0.221. The number of nitrogen functional groups attached to an aromatic ring is 1. The molecule has 4 aromatic rings. The number of aryl methyl sites for hydroxylation is 2. The maximum atomic E-state index is 14.9. The zero-order valence-corrected chi connectivity index (χ0v) is 32.5. The summed E-state index contributed by atoms with van der Waals surface area (Å²) in [6.07, 6.45) is 2.50. The van der Waals surface area contributed by atoms with Crippen molar-refractivity contribution < 1.29 is 32.6 Å². The van der Waals surface area contributed by atoms with Crippen molar-refractivity contribution in [3.63, 3.8) is 0 Å². The van der Waals surface area contributed by atoms with E-state index in [1.165, 1.54) is 32.5 Å². The first-order chi connectivity index (χ1) is 27.4. The Balaban J connectivity index is 0.000000221. The van der Waals surface area contributed by atoms with E-state index >= 15 is 0 Å². The number of carbonyl (C=O) groups excluding carboxylic acids is 3. The Bertz CT molecular complexity index is 1960. The second kappa shape index (κ2) is 21.6. The van der Waals surface area contributed by atoms with Gasteiger partial charge in [-0.3, -0.25) is 19.8 Å². The molecule has 2 aliphatic heterocycles. The average Bonchev–Trinajstić information content (AvgIpc) is 3.22. The lowest BCUT2D eigenvalue weighted by Gasteiger charge is -2.33. The first kappa shape index (κ1) is 43.3. The molecule has 0 saturated carbocycles. The standard InChI is InChI=1S/C20H24FN5O3.C14H16FN3O2.C6H8N2/c1-14-6-7-16(12-22-14)23-19(27)24-17-5-3-4-15(18(17)21)13-25-8-10-26(11-9-25)20(28)29-2;1-20-14(19)18-7-5-17(6-8-18)10-12-4-2-3-11(9-16)13(12)15;1-5-2-3-6(7)4-8-5/h3-7,12H,8-11,13H2,1-2H3,(H2,23,24,27);2-4H,5-8,10H2,1H3;2-4H,7H2,1H3. The van der Waals surface area contributed by atoms with Crippen molar-refractivity contribution in [2.45, 2.75) is 26.9 Å². The van der Waals surface area contributed by atoms with Gasteiger partial charge in [-0.2, -0.15) is 5.26 Å². The molecule has 0 unspecified atom stereocenters. The smallest absolute Gasteiger partial charge is 0.409 e. The molecule has 6 rings (SSSR count). The zero-order chi connectivity index (χ0) is 41.3. The van der Waals surface area contributed by atoms with Crippen LogP contribution in [0.2, 0.25) is 0 Å². The number of nitrogens with zero attached hydrogens (tertiary/aromatic N) is 7. The van der Waals surface area contributed by atoms with Gasteiger partial charge in [-0.1, -0.05) is 24.3 Å². The van der Waals surface area contributed by atoms with Crippen LogP contribution in [0.25, 0.3) is 0 Å². The largest absolute Gasteiger partial charge is 0.453 e. The molecule has 302 valence electrons. The average molecular weight is 787 g/mol. The van der Waals surface area contributed by atoms with E-state index in [1.807, 2.05) is 32.0 Å². The predicted octanol–water partition coefficient (Wildman–Crippen LogP) is 5.61. The molecule has 0 radical (unpaired) electrons. The summed E-state index contributed by atoms with van der Waals surface area (Å²) < 4.78 is 38.2. The summed E-state index contributed by atoms with van der Waals surface area (Å²) in [6, 6.07) is 18.3. The molecule has 2 aromatic carbocycles. The zero-order valence-electron chi connectivity index (χ0n) is 32.5. The van der Waals surface area contributed by atoms with E-state index in [1.54, 1.807) is 52.4 Å². The van der Waals surface area contributed by atoms with E-state index < -0.39 is 17.7 Å². The van der Waals surface area contributed by atoms with Gasteiger partial charge in [0.25, 0.3) is 0 Å². The molecule has 2 saturated heterocycles. The van der Waals surface area contributed by atoms with Gasteiger partial charge in [0.2, 0.25) is 0 Å². The van der Waals surface area contributed by atoms with Gasteiger partial charge in [-0.25, -0.2) is 23.2 Å². The first-order valence-electron chi connectivity index (χ1n) is 18.1. The van der Waals surface area contributed by atoms with Crippen LogP contribution in [-0.2, 0) is 22.6 Å². The monoisotopic (exact) mass is 786 g/mol. The number of carbonyl (C=O) groups is 3. The van der Waals surface area contributed by atoms with Crippen molar-refractivity contribution in [1.29, 1.82) is 5.26 Å². The van der Waals surface area contributed by atoms with Gasteiger partial charge in [-0.05, 0) is 50.2 Å². The van der Waals surface area contributed by atoms with Gasteiger partial charge in [0.05, 0.1) is 49.2 Å². The number of anilines is 3. The second-order valence-electron chi connectivity index (χ2n) is 13.1. The van der Waals surface area contributed by atoms with Crippen molar-refractivity contribution in [3.8, 4) is 6.07 Å². The number of hydrogen-bond donors (Lipinski definition) is 3. The van der Waals surface area contributed by atoms with Gasteiger partial charge >= 0.3 is 18.2 Å². The Kier molecular flexibility index (Phi) is 16.5. The molecule has 4 heterocycles. The highest BCUT2D eigenvalue weighted by Gasteiger charge is 2.24. The fourth-order valence-corrected chi connectivity index (χ4v) is 5.81. The number of amides is 4. The van der Waals surface area contributed by atoms with E-state index in [0.717, 1.165) is 17.1 Å². The Morgan fingerprint density at radius 1 is 0.719 bits per heavy atom. The number of nitriles is 1. The molecular weight excluding hydrogens is 739 g/mol. The van der Waals surface area contributed by atoms with E-state index in [4.69, 9.17) is 15.7 Å². The molecule has 2 aliphatic rings. The lowest BCUT2D eigenvalue weighted by molar-refractivity contribution is 0.0880. The number of aromatic nitrogens is 2. The summed E-state index contributed by atoms with van der Waals surface area (Å²) in [5, 5.41) is 14.0. The number of nitrogens with two attached hydrogens (primary N) is 1. The fraction of sp³-hybridized carbons (Fsp3) is 0.350. The number of ether oxygens (including phenoxy) is 2. The minimum Gasteiger partial charge on any atom is -0.453 e. The van der Waals surface area contributed by atoms with Crippen molar-refractivity contribution >= 4 is 35.3 Å². The number of pyridine rings is 2. The SMILES string of the molecule is COC(=O)N1CCN(Cc2cccc(C#N)c2F)CC1.COC(=O)N1CCN(Cc2cccc(NC(=O)Nc3ccc(C)nc3)c2F)CC1.Cc1ccc(N)cn1. The maximum absolute atomic E-state index is 14.9. The number of benzene rings is 2. The van der Waals surface area contributed by atoms with Crippen LogP contribution in [0.5, 0.6) is 0 Å². The van der Waals surface area contributed by atoms with Crippen LogP contribution in [0.4, 0.5) is 40.2 Å². The Morgan fingerprint density at radius 3 is 1.68 bits per heavy atom. The van der Waals surface area contributed by atoms with Gasteiger partial charge in [0, 0.05) is 88.0 Å². The van der Waals surface area contributed by atoms with E-state index in [9.17, 15) is 23.2 Å². The van der Waals surface area contributed by atoms with Crippen LogP contribution < -0.4 is 16.4 Å². The van der Waals surface area contributed by atoms with Crippen molar-refractivity contribution in [3.05, 3.63) is 113 Å². The van der Waals surface area contributed by atoms with Gasteiger partial charge < -0.3 is 35.6 Å². The normalized spacial score (nSPS) is 14.1. The molecule has 0 bridgehead atoms. The third kappa shape index (κ3) is 13.4. The van der Waals surface area contributed by atoms with E-state index in [2.05, 4.69) is 35.1 Å². The second-order valence-corrected chi connectivity index (χ2v) is 13.1. The van der Waals surface area contributed by atoms with Gasteiger partial charge in [0.1, 0.15) is 11.9 Å². The number of rotatable bonds is 6. The molecule has 17 heteroatoms. The maximum Gasteiger partial charge on any atom is 0.409 e.